The zero-order valence-corrected chi connectivity index (χ0v) is 11.5. The van der Waals surface area contributed by atoms with Crippen LogP contribution < -0.4 is 5.32 Å². The van der Waals surface area contributed by atoms with Gasteiger partial charge in [-0.15, -0.1) is 0 Å². The van der Waals surface area contributed by atoms with Crippen LogP contribution in [-0.2, 0) is 15.8 Å². The maximum Gasteiger partial charge on any atom is 0.416 e. The van der Waals surface area contributed by atoms with Crippen LogP contribution in [0.2, 0.25) is 0 Å². The third-order valence-electron chi connectivity index (χ3n) is 3.76. The summed E-state index contributed by atoms with van der Waals surface area (Å²) in [7, 11) is 0. The first-order valence-electron chi connectivity index (χ1n) is 6.83. The number of piperidine rings is 1. The van der Waals surface area contributed by atoms with Crippen LogP contribution in [0.5, 0.6) is 0 Å². The van der Waals surface area contributed by atoms with E-state index >= 15 is 0 Å². The van der Waals surface area contributed by atoms with Crippen molar-refractivity contribution >= 4 is 11.8 Å². The van der Waals surface area contributed by atoms with Gasteiger partial charge in [0.15, 0.2) is 0 Å². The van der Waals surface area contributed by atoms with E-state index in [1.165, 1.54) is 12.1 Å². The number of amides is 2. The average molecular weight is 299 g/mol. The van der Waals surface area contributed by atoms with Crippen molar-refractivity contribution < 1.29 is 22.8 Å². The van der Waals surface area contributed by atoms with Crippen LogP contribution in [0, 0.1) is 5.92 Å². The third kappa shape index (κ3) is 3.43. The van der Waals surface area contributed by atoms with E-state index in [1.54, 1.807) is 0 Å². The third-order valence-corrected chi connectivity index (χ3v) is 3.76. The highest BCUT2D eigenvalue weighted by atomic mass is 19.4. The van der Waals surface area contributed by atoms with Gasteiger partial charge in [-0.3, -0.25) is 14.9 Å². The van der Waals surface area contributed by atoms with Crippen molar-refractivity contribution in [1.29, 1.82) is 0 Å². The van der Waals surface area contributed by atoms with Gasteiger partial charge < -0.3 is 0 Å². The lowest BCUT2D eigenvalue weighted by molar-refractivity contribution is -0.139. The van der Waals surface area contributed by atoms with E-state index in [2.05, 4.69) is 5.32 Å². The lowest BCUT2D eigenvalue weighted by atomic mass is 9.78. The van der Waals surface area contributed by atoms with Gasteiger partial charge >= 0.3 is 6.18 Å². The molecule has 1 aliphatic heterocycles. The van der Waals surface area contributed by atoms with Gasteiger partial charge in [-0.2, -0.15) is 13.2 Å². The van der Waals surface area contributed by atoms with Crippen molar-refractivity contribution in [3.05, 3.63) is 35.4 Å². The molecule has 21 heavy (non-hydrogen) atoms. The average Bonchev–Trinajstić information content (AvgIpc) is 2.41. The first-order valence-corrected chi connectivity index (χ1v) is 6.83. The predicted octanol–water partition coefficient (Wildman–Crippen LogP) is 3.25. The van der Waals surface area contributed by atoms with Crippen molar-refractivity contribution in [3.63, 3.8) is 0 Å². The fourth-order valence-corrected chi connectivity index (χ4v) is 2.72. The molecule has 0 radical (unpaired) electrons. The van der Waals surface area contributed by atoms with Crippen LogP contribution >= 0.6 is 0 Å². The number of halogens is 3. The smallest absolute Gasteiger partial charge is 0.296 e. The molecule has 1 N–H and O–H groups in total. The Morgan fingerprint density at radius 3 is 2.33 bits per heavy atom. The number of benzene rings is 1. The zero-order chi connectivity index (χ0) is 15.6. The molecule has 1 aromatic rings. The van der Waals surface area contributed by atoms with Crippen LogP contribution in [0.4, 0.5) is 13.2 Å². The van der Waals surface area contributed by atoms with Gasteiger partial charge in [0, 0.05) is 18.3 Å². The molecule has 2 unspecified atom stereocenters. The molecule has 0 bridgehead atoms. The summed E-state index contributed by atoms with van der Waals surface area (Å²) in [6.07, 6.45) is -2.89. The lowest BCUT2D eigenvalue weighted by Crippen LogP contribution is -2.44. The SMILES string of the molecule is CCCC1C(=O)NC(=O)CC1c1ccc(C(F)(F)F)cc1. The minimum Gasteiger partial charge on any atom is -0.296 e. The highest BCUT2D eigenvalue weighted by molar-refractivity contribution is 5.99. The Hall–Kier alpha value is -1.85. The topological polar surface area (TPSA) is 46.2 Å². The van der Waals surface area contributed by atoms with Crippen molar-refractivity contribution in [2.24, 2.45) is 5.92 Å². The van der Waals surface area contributed by atoms with E-state index in [-0.39, 0.29) is 30.1 Å². The second-order valence-electron chi connectivity index (χ2n) is 5.24. The van der Waals surface area contributed by atoms with Gasteiger partial charge in [0.05, 0.1) is 5.56 Å². The lowest BCUT2D eigenvalue weighted by Gasteiger charge is -2.30. The minimum absolute atomic E-state index is 0.127. The van der Waals surface area contributed by atoms with Crippen molar-refractivity contribution in [3.8, 4) is 0 Å². The Bertz CT molecular complexity index is 537. The highest BCUT2D eigenvalue weighted by Gasteiger charge is 2.36. The summed E-state index contributed by atoms with van der Waals surface area (Å²) in [6.45, 7) is 1.92. The van der Waals surface area contributed by atoms with Gasteiger partial charge in [0.1, 0.15) is 0 Å². The number of alkyl halides is 3. The summed E-state index contributed by atoms with van der Waals surface area (Å²) in [5.74, 6) is -1.44. The van der Waals surface area contributed by atoms with E-state index < -0.39 is 11.7 Å². The maximum absolute atomic E-state index is 12.6. The van der Waals surface area contributed by atoms with E-state index in [4.69, 9.17) is 0 Å². The Morgan fingerprint density at radius 1 is 1.19 bits per heavy atom. The largest absolute Gasteiger partial charge is 0.416 e. The summed E-state index contributed by atoms with van der Waals surface area (Å²) >= 11 is 0. The summed E-state index contributed by atoms with van der Waals surface area (Å²) in [5.41, 5.74) is -0.130. The molecule has 1 aliphatic rings. The van der Waals surface area contributed by atoms with E-state index in [9.17, 15) is 22.8 Å². The highest BCUT2D eigenvalue weighted by Crippen LogP contribution is 2.36. The first-order chi connectivity index (χ1) is 9.82. The Morgan fingerprint density at radius 2 is 1.81 bits per heavy atom. The molecule has 0 saturated carbocycles. The summed E-state index contributed by atoms with van der Waals surface area (Å²) in [6, 6.07) is 4.72. The van der Waals surface area contributed by atoms with Crippen LogP contribution in [0.1, 0.15) is 43.2 Å². The number of imide groups is 1. The summed E-state index contributed by atoms with van der Waals surface area (Å²) < 4.78 is 37.7. The van der Waals surface area contributed by atoms with E-state index in [0.29, 0.717) is 12.0 Å². The Balaban J connectivity index is 2.28. The number of hydrogen-bond acceptors (Lipinski definition) is 2. The molecule has 0 aliphatic carbocycles. The van der Waals surface area contributed by atoms with Gasteiger partial charge in [-0.1, -0.05) is 25.5 Å². The Labute approximate surface area is 120 Å². The fraction of sp³-hybridized carbons (Fsp3) is 0.467. The molecule has 1 aromatic carbocycles. The maximum atomic E-state index is 12.6. The second-order valence-corrected chi connectivity index (χ2v) is 5.24. The molecular formula is C15H16F3NO2. The second kappa shape index (κ2) is 5.87. The van der Waals surface area contributed by atoms with E-state index in [0.717, 1.165) is 18.6 Å². The number of carbonyl (C=O) groups is 2. The molecule has 1 saturated heterocycles. The molecule has 6 heteroatoms. The number of nitrogens with one attached hydrogen (secondary N) is 1. The summed E-state index contributed by atoms with van der Waals surface area (Å²) in [5, 5.41) is 2.29. The number of carbonyl (C=O) groups excluding carboxylic acids is 2. The number of hydrogen-bond donors (Lipinski definition) is 1. The fourth-order valence-electron chi connectivity index (χ4n) is 2.72. The monoisotopic (exact) mass is 299 g/mol. The predicted molar refractivity (Wildman–Crippen MR) is 70.3 cm³/mol. The van der Waals surface area contributed by atoms with Crippen molar-refractivity contribution in [2.45, 2.75) is 38.3 Å². The molecule has 1 fully saturated rings. The van der Waals surface area contributed by atoms with Crippen LogP contribution in [0.15, 0.2) is 24.3 Å². The normalized spacial score (nSPS) is 23.0. The van der Waals surface area contributed by atoms with Gasteiger partial charge in [-0.25, -0.2) is 0 Å². The van der Waals surface area contributed by atoms with Crippen LogP contribution in [0.25, 0.3) is 0 Å². The molecule has 0 aromatic heterocycles. The Kier molecular flexibility index (Phi) is 4.34. The van der Waals surface area contributed by atoms with Crippen LogP contribution in [-0.4, -0.2) is 11.8 Å². The zero-order valence-electron chi connectivity index (χ0n) is 11.5. The quantitative estimate of drug-likeness (QED) is 0.871. The molecule has 3 nitrogen and oxygen atoms in total. The molecule has 2 atom stereocenters. The number of rotatable bonds is 3. The van der Waals surface area contributed by atoms with Crippen LogP contribution in [0.3, 0.4) is 0 Å². The molecule has 2 amide bonds. The molecule has 114 valence electrons. The van der Waals surface area contributed by atoms with Gasteiger partial charge in [0.2, 0.25) is 11.8 Å². The first kappa shape index (κ1) is 15.5. The molecule has 0 spiro atoms. The van der Waals surface area contributed by atoms with Gasteiger partial charge in [0.25, 0.3) is 0 Å². The van der Waals surface area contributed by atoms with Gasteiger partial charge in [-0.05, 0) is 24.1 Å². The van der Waals surface area contributed by atoms with Crippen molar-refractivity contribution in [1.82, 2.24) is 5.32 Å². The molecular weight excluding hydrogens is 283 g/mol. The standard InChI is InChI=1S/C15H16F3NO2/c1-2-3-11-12(8-13(20)19-14(11)21)9-4-6-10(7-5-9)15(16,17)18/h4-7,11-12H,2-3,8H2,1H3,(H,19,20,21). The molecule has 1 heterocycles. The van der Waals surface area contributed by atoms with Crippen molar-refractivity contribution in [2.75, 3.05) is 0 Å². The molecule has 2 rings (SSSR count). The summed E-state index contributed by atoms with van der Waals surface area (Å²) in [4.78, 5) is 23.4. The minimum atomic E-state index is -4.39. The van der Waals surface area contributed by atoms with E-state index in [1.807, 2.05) is 6.92 Å².